The van der Waals surface area contributed by atoms with Crippen LogP contribution in [0.1, 0.15) is 51.2 Å². The van der Waals surface area contributed by atoms with Gasteiger partial charge in [-0.15, -0.1) is 6.58 Å². The van der Waals surface area contributed by atoms with E-state index in [0.29, 0.717) is 12.1 Å². The Bertz CT molecular complexity index is 865. The van der Waals surface area contributed by atoms with Gasteiger partial charge in [-0.05, 0) is 75.1 Å². The lowest BCUT2D eigenvalue weighted by atomic mass is 9.93. The molecule has 1 heterocycles. The molecule has 2 rings (SSSR count). The highest BCUT2D eigenvalue weighted by molar-refractivity contribution is 6.07. The molecule has 170 valence electrons. The van der Waals surface area contributed by atoms with Crippen LogP contribution in [0.25, 0.3) is 0 Å². The highest BCUT2D eigenvalue weighted by Gasteiger charge is 2.24. The molecule has 0 bridgehead atoms. The molecule has 1 aromatic rings. The smallest absolute Gasteiger partial charge is 0.255 e. The number of amides is 1. The molecule has 1 aliphatic rings. The summed E-state index contributed by atoms with van der Waals surface area (Å²) in [4.78, 5) is 13.2. The predicted molar refractivity (Wildman–Crippen MR) is 131 cm³/mol. The monoisotopic (exact) mass is 428 g/mol. The summed E-state index contributed by atoms with van der Waals surface area (Å²) >= 11 is 0. The molecule has 31 heavy (non-hydrogen) atoms. The molecule has 0 aliphatic carbocycles. The van der Waals surface area contributed by atoms with Gasteiger partial charge in [0, 0.05) is 37.8 Å². The molecule has 0 saturated carbocycles. The topological polar surface area (TPSA) is 65.2 Å². The van der Waals surface area contributed by atoms with E-state index in [1.165, 1.54) is 13.8 Å². The molecule has 0 saturated heterocycles. The molecule has 0 radical (unpaired) electrons. The number of benzene rings is 1. The van der Waals surface area contributed by atoms with Crippen molar-refractivity contribution in [1.29, 1.82) is 0 Å². The van der Waals surface area contributed by atoms with Gasteiger partial charge in [-0.2, -0.15) is 0 Å². The van der Waals surface area contributed by atoms with Crippen LogP contribution in [-0.2, 0) is 11.2 Å². The highest BCUT2D eigenvalue weighted by atomic mass is 19.1. The number of hydrogen-bond donors (Lipinski definition) is 4. The molecule has 0 fully saturated rings. The van der Waals surface area contributed by atoms with Crippen LogP contribution in [0.2, 0.25) is 0 Å². The zero-order valence-corrected chi connectivity index (χ0v) is 19.5. The van der Waals surface area contributed by atoms with E-state index in [1.807, 2.05) is 26.1 Å². The Morgan fingerprint density at radius 2 is 2.10 bits per heavy atom. The first-order chi connectivity index (χ1) is 14.7. The van der Waals surface area contributed by atoms with E-state index >= 15 is 0 Å². The van der Waals surface area contributed by atoms with E-state index in [0.717, 1.165) is 59.6 Å². The van der Waals surface area contributed by atoms with E-state index < -0.39 is 5.67 Å². The Labute approximate surface area is 186 Å². The summed E-state index contributed by atoms with van der Waals surface area (Å²) in [5.41, 5.74) is 4.81. The van der Waals surface area contributed by atoms with Gasteiger partial charge in [0.2, 0.25) is 0 Å². The van der Waals surface area contributed by atoms with Crippen molar-refractivity contribution < 1.29 is 9.18 Å². The van der Waals surface area contributed by atoms with Gasteiger partial charge in [0.1, 0.15) is 5.67 Å². The number of anilines is 3. The Hall–Kier alpha value is -2.76. The normalized spacial score (nSPS) is 13.6. The van der Waals surface area contributed by atoms with Crippen LogP contribution in [0.4, 0.5) is 21.5 Å². The van der Waals surface area contributed by atoms with E-state index in [9.17, 15) is 9.18 Å². The first-order valence-corrected chi connectivity index (χ1v) is 11.0. The van der Waals surface area contributed by atoms with Crippen molar-refractivity contribution in [2.45, 2.75) is 59.0 Å². The molecule has 0 atom stereocenters. The number of nitrogens with one attached hydrogen (secondary N) is 4. The minimum absolute atomic E-state index is 0.207. The molecule has 0 aromatic heterocycles. The number of halogens is 1. The van der Waals surface area contributed by atoms with Gasteiger partial charge in [-0.1, -0.05) is 13.0 Å². The van der Waals surface area contributed by atoms with E-state index in [1.54, 1.807) is 12.3 Å². The molecule has 0 spiro atoms. The fourth-order valence-corrected chi connectivity index (χ4v) is 3.81. The number of alkyl halides is 1. The Morgan fingerprint density at radius 3 is 2.71 bits per heavy atom. The van der Waals surface area contributed by atoms with Crippen LogP contribution in [0.15, 0.2) is 42.1 Å². The molecular formula is C25H37FN4O. The number of aryl methyl sites for hydroxylation is 1. The molecule has 4 N–H and O–H groups in total. The Morgan fingerprint density at radius 1 is 1.35 bits per heavy atom. The van der Waals surface area contributed by atoms with Gasteiger partial charge in [0.05, 0.1) is 11.4 Å². The van der Waals surface area contributed by atoms with Crippen molar-refractivity contribution in [3.05, 3.63) is 53.3 Å². The number of hydrogen-bond acceptors (Lipinski definition) is 4. The lowest BCUT2D eigenvalue weighted by Gasteiger charge is -2.24. The fraction of sp³-hybridized carbons (Fsp3) is 0.480. The molecule has 1 aromatic carbocycles. The minimum Gasteiger partial charge on any atom is -0.387 e. The quantitative estimate of drug-likeness (QED) is 0.353. The van der Waals surface area contributed by atoms with Gasteiger partial charge < -0.3 is 21.3 Å². The van der Waals surface area contributed by atoms with Gasteiger partial charge in [0.25, 0.3) is 5.91 Å². The minimum atomic E-state index is -1.38. The first-order valence-electron chi connectivity index (χ1n) is 11.0. The molecule has 1 amide bonds. The lowest BCUT2D eigenvalue weighted by molar-refractivity contribution is -0.112. The summed E-state index contributed by atoms with van der Waals surface area (Å²) in [7, 11) is 1.91. The van der Waals surface area contributed by atoms with Crippen molar-refractivity contribution in [3.8, 4) is 0 Å². The van der Waals surface area contributed by atoms with Crippen molar-refractivity contribution in [3.63, 3.8) is 0 Å². The maximum absolute atomic E-state index is 14.3. The third kappa shape index (κ3) is 6.61. The summed E-state index contributed by atoms with van der Waals surface area (Å²) < 4.78 is 14.3. The summed E-state index contributed by atoms with van der Waals surface area (Å²) in [5, 5.41) is 13.0. The van der Waals surface area contributed by atoms with Gasteiger partial charge in [0.15, 0.2) is 0 Å². The Balaban J connectivity index is 2.45. The van der Waals surface area contributed by atoms with Gasteiger partial charge in [-0.3, -0.25) is 4.79 Å². The number of allylic oxidation sites excluding steroid dienone is 1. The number of carbonyl (C=O) groups excluding carboxylic acids is 1. The summed E-state index contributed by atoms with van der Waals surface area (Å²) in [5.74, 6) is -0.214. The van der Waals surface area contributed by atoms with Crippen LogP contribution in [0.3, 0.4) is 0 Å². The second-order valence-corrected chi connectivity index (χ2v) is 8.54. The van der Waals surface area contributed by atoms with Crippen molar-refractivity contribution >= 4 is 23.0 Å². The van der Waals surface area contributed by atoms with Gasteiger partial charge >= 0.3 is 0 Å². The lowest BCUT2D eigenvalue weighted by Crippen LogP contribution is -2.27. The zero-order chi connectivity index (χ0) is 23.0. The standard InChI is InChI=1S/C25H37FN4O/c1-7-9-10-18-14-21(17(3)22(23(18)27-6)29-12-8-2)30-24(31)20-11-13-28-16-19(20)15-25(4,5)26/h7,11,13-14,27-29H,1,8-10,12,15-16H2,2-6H3,(H,30,31). The predicted octanol–water partition coefficient (Wildman–Crippen LogP) is 5.47. The van der Waals surface area contributed by atoms with E-state index in [2.05, 4.69) is 34.8 Å². The third-order valence-corrected chi connectivity index (χ3v) is 5.28. The molecule has 5 nitrogen and oxygen atoms in total. The highest BCUT2D eigenvalue weighted by Crippen LogP contribution is 2.36. The Kier molecular flexibility index (Phi) is 8.72. The summed E-state index contributed by atoms with van der Waals surface area (Å²) in [6, 6.07) is 2.03. The maximum Gasteiger partial charge on any atom is 0.255 e. The SMILES string of the molecule is C=CCCc1cc(NC(=O)C2=C(CC(C)(C)F)CNC=C2)c(C)c(NCCC)c1NC. The van der Waals surface area contributed by atoms with E-state index in [-0.39, 0.29) is 12.3 Å². The van der Waals surface area contributed by atoms with Crippen molar-refractivity contribution in [1.82, 2.24) is 5.32 Å². The number of carbonyl (C=O) groups is 1. The largest absolute Gasteiger partial charge is 0.387 e. The van der Waals surface area contributed by atoms with Crippen LogP contribution in [-0.4, -0.2) is 31.7 Å². The zero-order valence-electron chi connectivity index (χ0n) is 19.5. The molecule has 6 heteroatoms. The second kappa shape index (κ2) is 11.0. The number of dihydropyridines is 1. The van der Waals surface area contributed by atoms with E-state index in [4.69, 9.17) is 0 Å². The molecule has 0 unspecified atom stereocenters. The van der Waals surface area contributed by atoms with Crippen molar-refractivity contribution in [2.24, 2.45) is 0 Å². The van der Waals surface area contributed by atoms with Crippen LogP contribution < -0.4 is 21.3 Å². The third-order valence-electron chi connectivity index (χ3n) is 5.28. The van der Waals surface area contributed by atoms with Crippen LogP contribution in [0.5, 0.6) is 0 Å². The average Bonchev–Trinajstić information content (AvgIpc) is 2.72. The summed E-state index contributed by atoms with van der Waals surface area (Å²) in [6.07, 6.45) is 8.22. The fourth-order valence-electron chi connectivity index (χ4n) is 3.81. The average molecular weight is 429 g/mol. The van der Waals surface area contributed by atoms with Gasteiger partial charge in [-0.25, -0.2) is 4.39 Å². The second-order valence-electron chi connectivity index (χ2n) is 8.54. The molecular weight excluding hydrogens is 391 g/mol. The van der Waals surface area contributed by atoms with Crippen LogP contribution in [0, 0.1) is 6.92 Å². The first kappa shape index (κ1) is 24.5. The number of rotatable bonds is 11. The van der Waals surface area contributed by atoms with Crippen LogP contribution >= 0.6 is 0 Å². The molecule has 1 aliphatic heterocycles. The summed E-state index contributed by atoms with van der Waals surface area (Å²) in [6.45, 7) is 12.3. The maximum atomic E-state index is 14.3. The van der Waals surface area contributed by atoms with Crippen molar-refractivity contribution in [2.75, 3.05) is 36.1 Å².